The predicted octanol–water partition coefficient (Wildman–Crippen LogP) is 3.40. The molecule has 3 N–H and O–H groups in total. The zero-order chi connectivity index (χ0) is 18.4. The first-order valence-corrected chi connectivity index (χ1v) is 9.80. The van der Waals surface area contributed by atoms with E-state index in [1.54, 1.807) is 6.20 Å². The van der Waals surface area contributed by atoms with Gasteiger partial charge in [0.05, 0.1) is 15.9 Å². The zero-order valence-electron chi connectivity index (χ0n) is 13.9. The van der Waals surface area contributed by atoms with E-state index >= 15 is 0 Å². The molecule has 2 aromatic heterocycles. The molecule has 1 aliphatic rings. The van der Waals surface area contributed by atoms with E-state index in [1.165, 1.54) is 18.2 Å². The fourth-order valence-corrected chi connectivity index (χ4v) is 5.07. The largest absolute Gasteiger partial charge is 0.359 e. The summed E-state index contributed by atoms with van der Waals surface area (Å²) < 4.78 is 39.3. The maximum absolute atomic E-state index is 13.5. The first-order chi connectivity index (χ1) is 12.4. The average molecular weight is 371 g/mol. The molecule has 0 saturated carbocycles. The number of nitrogens with two attached hydrogens (primary N) is 1. The van der Waals surface area contributed by atoms with Crippen LogP contribution in [0.2, 0.25) is 0 Å². The van der Waals surface area contributed by atoms with Gasteiger partial charge in [-0.25, -0.2) is 12.8 Å². The van der Waals surface area contributed by atoms with Crippen LogP contribution in [0, 0.1) is 5.82 Å². The lowest BCUT2D eigenvalue weighted by molar-refractivity contribution is 0.485. The first kappa shape index (κ1) is 16.9. The summed E-state index contributed by atoms with van der Waals surface area (Å²) in [6.07, 6.45) is 6.41. The average Bonchev–Trinajstić information content (AvgIpc) is 3.06. The van der Waals surface area contributed by atoms with E-state index in [2.05, 4.69) is 9.97 Å². The van der Waals surface area contributed by atoms with Gasteiger partial charge in [0.15, 0.2) is 9.84 Å². The Kier molecular flexibility index (Phi) is 3.93. The molecule has 5 nitrogen and oxygen atoms in total. The highest BCUT2D eigenvalue weighted by Gasteiger charge is 2.42. The van der Waals surface area contributed by atoms with Crippen molar-refractivity contribution >= 4 is 26.4 Å². The van der Waals surface area contributed by atoms with E-state index in [9.17, 15) is 12.8 Å². The Labute approximate surface area is 150 Å². The van der Waals surface area contributed by atoms with Crippen LogP contribution in [0.4, 0.5) is 4.39 Å². The number of nitrogens with zero attached hydrogens (tertiary/aromatic N) is 1. The minimum absolute atomic E-state index is 0.0781. The number of nitrogens with one attached hydrogen (secondary N) is 1. The van der Waals surface area contributed by atoms with Crippen LogP contribution in [0.15, 0.2) is 59.8 Å². The molecule has 0 aliphatic heterocycles. The molecular weight excluding hydrogens is 353 g/mol. The lowest BCUT2D eigenvalue weighted by atomic mass is 9.91. The zero-order valence-corrected chi connectivity index (χ0v) is 14.8. The minimum atomic E-state index is -3.85. The number of hydrogen-bond acceptors (Lipinski definition) is 4. The van der Waals surface area contributed by atoms with Crippen molar-refractivity contribution in [3.63, 3.8) is 0 Å². The van der Waals surface area contributed by atoms with Crippen LogP contribution in [-0.4, -0.2) is 23.3 Å². The van der Waals surface area contributed by atoms with Crippen molar-refractivity contribution in [1.29, 1.82) is 0 Å². The molecule has 0 saturated heterocycles. The van der Waals surface area contributed by atoms with Crippen LogP contribution in [-0.2, 0) is 9.84 Å². The number of fused-ring (bicyclic) bond motifs is 1. The summed E-state index contributed by atoms with van der Waals surface area (Å²) in [4.78, 5) is 6.05. The molecule has 26 heavy (non-hydrogen) atoms. The molecule has 0 fully saturated rings. The maximum atomic E-state index is 13.5. The van der Waals surface area contributed by atoms with Gasteiger partial charge in [0.25, 0.3) is 0 Å². The number of halogens is 1. The second-order valence-electron chi connectivity index (χ2n) is 6.56. The summed E-state index contributed by atoms with van der Waals surface area (Å²) in [7, 11) is -3.85. The maximum Gasteiger partial charge on any atom is 0.197 e. The number of allylic oxidation sites excluding steroid dienone is 1. The van der Waals surface area contributed by atoms with Gasteiger partial charge in [0, 0.05) is 18.0 Å². The molecule has 1 aromatic carbocycles. The Balaban J connectivity index is 1.68. The van der Waals surface area contributed by atoms with Crippen LogP contribution in [0.1, 0.15) is 24.8 Å². The number of benzene rings is 1. The van der Waals surface area contributed by atoms with E-state index in [4.69, 9.17) is 5.73 Å². The van der Waals surface area contributed by atoms with Crippen LogP contribution in [0.25, 0.3) is 16.6 Å². The molecule has 0 spiro atoms. The lowest BCUT2D eigenvalue weighted by Crippen LogP contribution is -2.48. The summed E-state index contributed by atoms with van der Waals surface area (Å²) >= 11 is 0. The molecule has 0 radical (unpaired) electrons. The summed E-state index contributed by atoms with van der Waals surface area (Å²) in [5.74, 6) is -0.591. The van der Waals surface area contributed by atoms with Crippen molar-refractivity contribution in [3.05, 3.63) is 66.2 Å². The highest BCUT2D eigenvalue weighted by molar-refractivity contribution is 7.92. The summed E-state index contributed by atoms with van der Waals surface area (Å²) in [5.41, 5.74) is 10.0. The monoisotopic (exact) mass is 371 g/mol. The quantitative estimate of drug-likeness (QED) is 0.738. The van der Waals surface area contributed by atoms with Crippen molar-refractivity contribution in [2.24, 2.45) is 5.73 Å². The standard InChI is InChI=1S/C19H18FN3O2S/c20-14-3-1-4-15(11-14)26(24,25)19(21)8-6-13(7-9-19)16-12-23-17-5-2-10-22-18(16)17/h1-6,10-12,23H,7-9,21H2. The molecule has 7 heteroatoms. The molecule has 3 aromatic rings. The lowest BCUT2D eigenvalue weighted by Gasteiger charge is -2.32. The van der Waals surface area contributed by atoms with Crippen molar-refractivity contribution < 1.29 is 12.8 Å². The molecule has 2 heterocycles. The molecule has 134 valence electrons. The first-order valence-electron chi connectivity index (χ1n) is 8.31. The van der Waals surface area contributed by atoms with E-state index in [0.717, 1.165) is 28.2 Å². The third-order valence-electron chi connectivity index (χ3n) is 4.93. The highest BCUT2D eigenvalue weighted by atomic mass is 32.2. The number of H-pyrrole nitrogens is 1. The van der Waals surface area contributed by atoms with Crippen molar-refractivity contribution in [2.75, 3.05) is 0 Å². The fourth-order valence-electron chi connectivity index (χ4n) is 3.40. The van der Waals surface area contributed by atoms with Crippen LogP contribution >= 0.6 is 0 Å². The number of sulfone groups is 1. The summed E-state index contributed by atoms with van der Waals surface area (Å²) in [5, 5.41) is 0. The van der Waals surface area contributed by atoms with Gasteiger partial charge in [0.1, 0.15) is 10.7 Å². The molecule has 1 unspecified atom stereocenters. The van der Waals surface area contributed by atoms with Gasteiger partial charge < -0.3 is 10.7 Å². The van der Waals surface area contributed by atoms with Gasteiger partial charge in [-0.05, 0) is 55.2 Å². The Morgan fingerprint density at radius 1 is 1.23 bits per heavy atom. The Hall–Kier alpha value is -2.51. The third-order valence-corrected chi connectivity index (χ3v) is 7.25. The van der Waals surface area contributed by atoms with Crippen LogP contribution in [0.5, 0.6) is 0 Å². The van der Waals surface area contributed by atoms with Crippen LogP contribution in [0.3, 0.4) is 0 Å². The normalized spacial score (nSPS) is 20.9. The number of rotatable bonds is 3. The second-order valence-corrected chi connectivity index (χ2v) is 8.85. The van der Waals surface area contributed by atoms with E-state index in [0.29, 0.717) is 6.42 Å². The van der Waals surface area contributed by atoms with Crippen molar-refractivity contribution in [3.8, 4) is 0 Å². The van der Waals surface area contributed by atoms with Gasteiger partial charge in [-0.3, -0.25) is 4.98 Å². The molecule has 0 bridgehead atoms. The van der Waals surface area contributed by atoms with Crippen LogP contribution < -0.4 is 5.73 Å². The van der Waals surface area contributed by atoms with E-state index in [1.807, 2.05) is 24.4 Å². The molecule has 1 aliphatic carbocycles. The molecule has 1 atom stereocenters. The Morgan fingerprint density at radius 2 is 2.08 bits per heavy atom. The Morgan fingerprint density at radius 3 is 2.81 bits per heavy atom. The molecule has 0 amide bonds. The fraction of sp³-hybridized carbons (Fsp3) is 0.211. The van der Waals surface area contributed by atoms with Gasteiger partial charge in [-0.15, -0.1) is 0 Å². The third kappa shape index (κ3) is 2.64. The number of hydrogen-bond donors (Lipinski definition) is 2. The number of pyridine rings is 1. The van der Waals surface area contributed by atoms with Crippen molar-refractivity contribution in [2.45, 2.75) is 29.0 Å². The Bertz CT molecular complexity index is 1120. The van der Waals surface area contributed by atoms with Gasteiger partial charge in [0.2, 0.25) is 0 Å². The SMILES string of the molecule is NC1(S(=O)(=O)c2cccc(F)c2)CC=C(c2c[nH]c3cccnc23)CC1. The summed E-state index contributed by atoms with van der Waals surface area (Å²) in [6, 6.07) is 8.80. The topological polar surface area (TPSA) is 88.8 Å². The number of aromatic nitrogens is 2. The smallest absolute Gasteiger partial charge is 0.197 e. The van der Waals surface area contributed by atoms with Gasteiger partial charge >= 0.3 is 0 Å². The highest BCUT2D eigenvalue weighted by Crippen LogP contribution is 2.38. The minimum Gasteiger partial charge on any atom is -0.359 e. The molecule has 4 rings (SSSR count). The van der Waals surface area contributed by atoms with E-state index < -0.39 is 20.5 Å². The second kappa shape index (κ2) is 6.03. The summed E-state index contributed by atoms with van der Waals surface area (Å²) in [6.45, 7) is 0. The van der Waals surface area contributed by atoms with Gasteiger partial charge in [-0.1, -0.05) is 12.1 Å². The molecular formula is C19H18FN3O2S. The van der Waals surface area contributed by atoms with Crippen molar-refractivity contribution in [1.82, 2.24) is 9.97 Å². The van der Waals surface area contributed by atoms with Gasteiger partial charge in [-0.2, -0.15) is 0 Å². The number of aromatic amines is 1. The predicted molar refractivity (Wildman–Crippen MR) is 98.4 cm³/mol. The van der Waals surface area contributed by atoms with E-state index in [-0.39, 0.29) is 17.7 Å².